The first-order chi connectivity index (χ1) is 11.8. The molecule has 0 bridgehead atoms. The number of hydrogen-bond donors (Lipinski definition) is 0. The van der Waals surface area contributed by atoms with Crippen LogP contribution in [0.25, 0.3) is 0 Å². The SMILES string of the molecule is CCCCC/C=C\C/C=C\CCCCCCCCCCCN(C)C. The molecule has 0 rings (SSSR count). The molecule has 0 N–H and O–H groups in total. The summed E-state index contributed by atoms with van der Waals surface area (Å²) < 4.78 is 0. The van der Waals surface area contributed by atoms with Crippen LogP contribution in [-0.2, 0) is 0 Å². The fraction of sp³-hybridized carbons (Fsp3) is 0.826. The molecule has 0 unspecified atom stereocenters. The van der Waals surface area contributed by atoms with Crippen LogP contribution in [0.1, 0.15) is 103 Å². The van der Waals surface area contributed by atoms with E-state index in [0.717, 1.165) is 6.42 Å². The van der Waals surface area contributed by atoms with Crippen LogP contribution in [0.5, 0.6) is 0 Å². The highest BCUT2D eigenvalue weighted by Gasteiger charge is 1.93. The molecule has 0 saturated carbocycles. The molecule has 24 heavy (non-hydrogen) atoms. The van der Waals surface area contributed by atoms with Gasteiger partial charge in [0.15, 0.2) is 0 Å². The number of hydrogen-bond acceptors (Lipinski definition) is 1. The van der Waals surface area contributed by atoms with E-state index in [2.05, 4.69) is 50.2 Å². The van der Waals surface area contributed by atoms with Crippen molar-refractivity contribution in [2.75, 3.05) is 20.6 Å². The first-order valence-corrected chi connectivity index (χ1v) is 10.7. The van der Waals surface area contributed by atoms with Crippen LogP contribution in [-0.4, -0.2) is 25.5 Å². The number of rotatable bonds is 18. The molecule has 0 aromatic rings. The van der Waals surface area contributed by atoms with E-state index in [1.165, 1.54) is 96.4 Å². The van der Waals surface area contributed by atoms with E-state index in [-0.39, 0.29) is 0 Å². The Morgan fingerprint density at radius 2 is 1.00 bits per heavy atom. The molecule has 0 saturated heterocycles. The van der Waals surface area contributed by atoms with Crippen LogP contribution in [0.2, 0.25) is 0 Å². The largest absolute Gasteiger partial charge is 0.309 e. The summed E-state index contributed by atoms with van der Waals surface area (Å²) in [6, 6.07) is 0. The van der Waals surface area contributed by atoms with Crippen LogP contribution in [0, 0.1) is 0 Å². The Morgan fingerprint density at radius 1 is 0.542 bits per heavy atom. The zero-order valence-electron chi connectivity index (χ0n) is 17.1. The van der Waals surface area contributed by atoms with Gasteiger partial charge < -0.3 is 4.90 Å². The van der Waals surface area contributed by atoms with Gasteiger partial charge in [0, 0.05) is 0 Å². The van der Waals surface area contributed by atoms with Crippen molar-refractivity contribution in [3.8, 4) is 0 Å². The van der Waals surface area contributed by atoms with Gasteiger partial charge in [0.1, 0.15) is 0 Å². The summed E-state index contributed by atoms with van der Waals surface area (Å²) in [6.45, 7) is 3.52. The van der Waals surface area contributed by atoms with E-state index in [0.29, 0.717) is 0 Å². The van der Waals surface area contributed by atoms with Gasteiger partial charge in [0.05, 0.1) is 0 Å². The van der Waals surface area contributed by atoms with Crippen LogP contribution < -0.4 is 0 Å². The van der Waals surface area contributed by atoms with Gasteiger partial charge in [0.2, 0.25) is 0 Å². The van der Waals surface area contributed by atoms with Crippen molar-refractivity contribution in [3.63, 3.8) is 0 Å². The van der Waals surface area contributed by atoms with E-state index >= 15 is 0 Å². The predicted molar refractivity (Wildman–Crippen MR) is 112 cm³/mol. The lowest BCUT2D eigenvalue weighted by Gasteiger charge is -2.08. The Balaban J connectivity index is 3.12. The Hall–Kier alpha value is -0.560. The lowest BCUT2D eigenvalue weighted by Crippen LogP contribution is -2.12. The van der Waals surface area contributed by atoms with Gasteiger partial charge in [-0.15, -0.1) is 0 Å². The van der Waals surface area contributed by atoms with Crippen molar-refractivity contribution in [1.29, 1.82) is 0 Å². The third-order valence-electron chi connectivity index (χ3n) is 4.56. The Bertz CT molecular complexity index is 278. The number of unbranched alkanes of at least 4 members (excludes halogenated alkanes) is 12. The molecule has 0 fully saturated rings. The number of nitrogens with zero attached hydrogens (tertiary/aromatic N) is 1. The third kappa shape index (κ3) is 21.4. The molecule has 0 radical (unpaired) electrons. The second-order valence-corrected chi connectivity index (χ2v) is 7.45. The summed E-state index contributed by atoms with van der Waals surface area (Å²) in [5.41, 5.74) is 0. The molecule has 0 aromatic carbocycles. The van der Waals surface area contributed by atoms with Gasteiger partial charge in [-0.2, -0.15) is 0 Å². The first-order valence-electron chi connectivity index (χ1n) is 10.7. The molecule has 0 aliphatic heterocycles. The van der Waals surface area contributed by atoms with Crippen molar-refractivity contribution < 1.29 is 0 Å². The minimum atomic E-state index is 1.12. The van der Waals surface area contributed by atoms with Crippen molar-refractivity contribution in [2.24, 2.45) is 0 Å². The monoisotopic (exact) mass is 335 g/mol. The highest BCUT2D eigenvalue weighted by atomic mass is 15.0. The van der Waals surface area contributed by atoms with Crippen molar-refractivity contribution >= 4 is 0 Å². The zero-order valence-corrected chi connectivity index (χ0v) is 17.1. The minimum Gasteiger partial charge on any atom is -0.309 e. The molecule has 0 aliphatic rings. The van der Waals surface area contributed by atoms with E-state index in [1.54, 1.807) is 0 Å². The average molecular weight is 336 g/mol. The Morgan fingerprint density at radius 3 is 1.50 bits per heavy atom. The van der Waals surface area contributed by atoms with Gasteiger partial charge in [0.25, 0.3) is 0 Å². The molecule has 0 heterocycles. The lowest BCUT2D eigenvalue weighted by atomic mass is 10.1. The second-order valence-electron chi connectivity index (χ2n) is 7.45. The van der Waals surface area contributed by atoms with Gasteiger partial charge in [-0.1, -0.05) is 89.0 Å². The van der Waals surface area contributed by atoms with Crippen molar-refractivity contribution in [2.45, 2.75) is 103 Å². The van der Waals surface area contributed by atoms with E-state index in [4.69, 9.17) is 0 Å². The van der Waals surface area contributed by atoms with Crippen LogP contribution in [0.4, 0.5) is 0 Å². The standard InChI is InChI=1S/C23H45N/c1-4-5-6-7-8-9-10-11-12-13-14-15-16-17-18-19-20-21-22-23-24(2)3/h8-9,11-12H,4-7,10,13-23H2,1-3H3/b9-8-,12-11-. The zero-order chi connectivity index (χ0) is 17.7. The van der Waals surface area contributed by atoms with Gasteiger partial charge >= 0.3 is 0 Å². The van der Waals surface area contributed by atoms with Crippen LogP contribution in [0.15, 0.2) is 24.3 Å². The fourth-order valence-corrected chi connectivity index (χ4v) is 2.95. The summed E-state index contributed by atoms with van der Waals surface area (Å²) in [5, 5.41) is 0. The van der Waals surface area contributed by atoms with Gasteiger partial charge in [-0.05, 0) is 59.2 Å². The van der Waals surface area contributed by atoms with Gasteiger partial charge in [-0.25, -0.2) is 0 Å². The normalized spacial score (nSPS) is 12.2. The molecular formula is C23H45N. The minimum absolute atomic E-state index is 1.12. The second kappa shape index (κ2) is 20.5. The topological polar surface area (TPSA) is 3.24 Å². The Labute approximate surface area is 153 Å². The van der Waals surface area contributed by atoms with Crippen molar-refractivity contribution in [3.05, 3.63) is 24.3 Å². The summed E-state index contributed by atoms with van der Waals surface area (Å²) in [4.78, 5) is 2.29. The maximum Gasteiger partial charge on any atom is -0.00248 e. The lowest BCUT2D eigenvalue weighted by molar-refractivity contribution is 0.389. The third-order valence-corrected chi connectivity index (χ3v) is 4.56. The molecule has 0 amide bonds. The molecule has 1 heteroatoms. The fourth-order valence-electron chi connectivity index (χ4n) is 2.95. The Kier molecular flexibility index (Phi) is 20.0. The molecule has 0 aliphatic carbocycles. The average Bonchev–Trinajstić information content (AvgIpc) is 2.56. The summed E-state index contributed by atoms with van der Waals surface area (Å²) in [5.74, 6) is 0. The van der Waals surface area contributed by atoms with Crippen molar-refractivity contribution in [1.82, 2.24) is 4.90 Å². The molecular weight excluding hydrogens is 290 g/mol. The summed E-state index contributed by atoms with van der Waals surface area (Å²) in [7, 11) is 4.33. The van der Waals surface area contributed by atoms with Gasteiger partial charge in [-0.3, -0.25) is 0 Å². The maximum absolute atomic E-state index is 2.38. The van der Waals surface area contributed by atoms with E-state index in [9.17, 15) is 0 Å². The van der Waals surface area contributed by atoms with E-state index < -0.39 is 0 Å². The predicted octanol–water partition coefficient (Wildman–Crippen LogP) is 7.53. The summed E-state index contributed by atoms with van der Waals surface area (Å²) >= 11 is 0. The number of allylic oxidation sites excluding steroid dienone is 4. The highest BCUT2D eigenvalue weighted by molar-refractivity contribution is 4.92. The van der Waals surface area contributed by atoms with Crippen LogP contribution in [0.3, 0.4) is 0 Å². The molecule has 1 nitrogen and oxygen atoms in total. The maximum atomic E-state index is 2.38. The summed E-state index contributed by atoms with van der Waals surface area (Å²) in [6.07, 6.45) is 29.9. The van der Waals surface area contributed by atoms with E-state index in [1.807, 2.05) is 0 Å². The molecule has 0 aromatic heterocycles. The quantitative estimate of drug-likeness (QED) is 0.185. The smallest absolute Gasteiger partial charge is 0.00248 e. The molecule has 142 valence electrons. The first kappa shape index (κ1) is 23.4. The molecule has 0 spiro atoms. The molecule has 0 atom stereocenters. The van der Waals surface area contributed by atoms with Crippen LogP contribution >= 0.6 is 0 Å². The highest BCUT2D eigenvalue weighted by Crippen LogP contribution is 2.11.